The molecule has 1 aromatic carbocycles. The standard InChI is InChI=1S/C23H25F3N6O2/c1-28-20(33)18-13-32(21(34)19-5-8-30(2)29-19)14-22(18)6-9-31(10-7-22)16-4-3-15(12-27)17(11-16)23(24,25)26/h3-5,8,11,18H,6-7,9-10,13-14H2,1-2H3,(H,28,33). The molecule has 2 saturated heterocycles. The molecule has 1 atom stereocenters. The highest BCUT2D eigenvalue weighted by molar-refractivity contribution is 5.93. The number of benzene rings is 1. The number of hydrogen-bond acceptors (Lipinski definition) is 5. The number of carbonyl (C=O) groups is 2. The van der Waals surface area contributed by atoms with Gasteiger partial charge in [-0.3, -0.25) is 14.3 Å². The largest absolute Gasteiger partial charge is 0.417 e. The summed E-state index contributed by atoms with van der Waals surface area (Å²) >= 11 is 0. The Bertz CT molecular complexity index is 1140. The number of nitrogens with one attached hydrogen (secondary N) is 1. The number of nitrogens with zero attached hydrogens (tertiary/aromatic N) is 5. The molecular weight excluding hydrogens is 449 g/mol. The number of amides is 2. The Labute approximate surface area is 194 Å². The first-order valence-corrected chi connectivity index (χ1v) is 10.9. The minimum absolute atomic E-state index is 0.150. The van der Waals surface area contributed by atoms with Crippen molar-refractivity contribution in [1.82, 2.24) is 20.0 Å². The number of aryl methyl sites for hydroxylation is 1. The first-order valence-electron chi connectivity index (χ1n) is 10.9. The molecule has 1 spiro atoms. The highest BCUT2D eigenvalue weighted by Gasteiger charge is 2.52. The van der Waals surface area contributed by atoms with Crippen LogP contribution in [0.25, 0.3) is 0 Å². The third-order valence-electron chi connectivity index (χ3n) is 6.98. The molecular formula is C23H25F3N6O2. The van der Waals surface area contributed by atoms with E-state index in [9.17, 15) is 22.8 Å². The highest BCUT2D eigenvalue weighted by Crippen LogP contribution is 2.46. The van der Waals surface area contributed by atoms with Gasteiger partial charge in [0.1, 0.15) is 5.69 Å². The summed E-state index contributed by atoms with van der Waals surface area (Å²) < 4.78 is 41.8. The summed E-state index contributed by atoms with van der Waals surface area (Å²) in [7, 11) is 3.28. The fourth-order valence-corrected chi connectivity index (χ4v) is 5.13. The fourth-order valence-electron chi connectivity index (χ4n) is 5.13. The van der Waals surface area contributed by atoms with Crippen molar-refractivity contribution in [2.45, 2.75) is 19.0 Å². The summed E-state index contributed by atoms with van der Waals surface area (Å²) in [5.41, 5.74) is -1.14. The Hall–Kier alpha value is -3.55. The maximum absolute atomic E-state index is 13.4. The number of likely N-dealkylation sites (tertiary alicyclic amines) is 1. The van der Waals surface area contributed by atoms with E-state index in [0.29, 0.717) is 43.9 Å². The van der Waals surface area contributed by atoms with E-state index in [4.69, 9.17) is 5.26 Å². The van der Waals surface area contributed by atoms with Crippen molar-refractivity contribution in [2.24, 2.45) is 18.4 Å². The van der Waals surface area contributed by atoms with Crippen molar-refractivity contribution in [3.63, 3.8) is 0 Å². The molecule has 34 heavy (non-hydrogen) atoms. The number of anilines is 1. The van der Waals surface area contributed by atoms with Crippen LogP contribution >= 0.6 is 0 Å². The van der Waals surface area contributed by atoms with Gasteiger partial charge >= 0.3 is 6.18 Å². The Balaban J connectivity index is 1.55. The third kappa shape index (κ3) is 4.20. The summed E-state index contributed by atoms with van der Waals surface area (Å²) in [4.78, 5) is 29.2. The minimum atomic E-state index is -4.62. The van der Waals surface area contributed by atoms with Crippen LogP contribution < -0.4 is 10.2 Å². The molecule has 1 unspecified atom stereocenters. The predicted molar refractivity (Wildman–Crippen MR) is 117 cm³/mol. The summed E-state index contributed by atoms with van der Waals surface area (Å²) in [5.74, 6) is -0.808. The Morgan fingerprint density at radius 2 is 1.94 bits per heavy atom. The van der Waals surface area contributed by atoms with Crippen molar-refractivity contribution in [2.75, 3.05) is 38.1 Å². The zero-order valence-electron chi connectivity index (χ0n) is 18.9. The second kappa shape index (κ2) is 8.66. The lowest BCUT2D eigenvalue weighted by atomic mass is 9.70. The average molecular weight is 474 g/mol. The van der Waals surface area contributed by atoms with Crippen molar-refractivity contribution in [3.8, 4) is 6.07 Å². The number of alkyl halides is 3. The van der Waals surface area contributed by atoms with Crippen LogP contribution in [-0.2, 0) is 18.0 Å². The molecule has 2 aromatic rings. The fraction of sp³-hybridized carbons (Fsp3) is 0.478. The first-order chi connectivity index (χ1) is 16.1. The molecule has 0 saturated carbocycles. The van der Waals surface area contributed by atoms with Crippen LogP contribution in [0.2, 0.25) is 0 Å². The molecule has 2 amide bonds. The van der Waals surface area contributed by atoms with Gasteiger partial charge in [-0.05, 0) is 37.1 Å². The monoisotopic (exact) mass is 474 g/mol. The first kappa shape index (κ1) is 23.6. The van der Waals surface area contributed by atoms with Crippen molar-refractivity contribution in [3.05, 3.63) is 47.3 Å². The van der Waals surface area contributed by atoms with E-state index in [1.165, 1.54) is 12.1 Å². The van der Waals surface area contributed by atoms with Crippen molar-refractivity contribution >= 4 is 17.5 Å². The van der Waals surface area contributed by atoms with E-state index in [1.807, 2.05) is 4.90 Å². The van der Waals surface area contributed by atoms with Crippen LogP contribution in [-0.4, -0.2) is 59.7 Å². The van der Waals surface area contributed by atoms with E-state index >= 15 is 0 Å². The van der Waals surface area contributed by atoms with Gasteiger partial charge in [0.25, 0.3) is 5.91 Å². The second-order valence-corrected chi connectivity index (χ2v) is 8.92. The Kier molecular flexibility index (Phi) is 6.02. The molecule has 0 bridgehead atoms. The number of nitriles is 1. The van der Waals surface area contributed by atoms with Crippen molar-refractivity contribution < 1.29 is 22.8 Å². The summed E-state index contributed by atoms with van der Waals surface area (Å²) in [5, 5.41) is 15.9. The number of halogens is 3. The maximum atomic E-state index is 13.4. The molecule has 11 heteroatoms. The Morgan fingerprint density at radius 1 is 1.24 bits per heavy atom. The van der Waals surface area contributed by atoms with Gasteiger partial charge in [-0.1, -0.05) is 0 Å². The summed E-state index contributed by atoms with van der Waals surface area (Å²) in [6.45, 7) is 1.52. The van der Waals surface area contributed by atoms with E-state index in [0.717, 1.165) is 6.07 Å². The minimum Gasteiger partial charge on any atom is -0.371 e. The predicted octanol–water partition coefficient (Wildman–Crippen LogP) is 2.42. The molecule has 180 valence electrons. The van der Waals surface area contributed by atoms with Crippen LogP contribution in [0.5, 0.6) is 0 Å². The van der Waals surface area contributed by atoms with Crippen LogP contribution in [0, 0.1) is 22.7 Å². The number of aromatic nitrogens is 2. The molecule has 1 N–H and O–H groups in total. The molecule has 0 radical (unpaired) electrons. The molecule has 1 aromatic heterocycles. The lowest BCUT2D eigenvalue weighted by Gasteiger charge is -2.42. The van der Waals surface area contributed by atoms with E-state index in [-0.39, 0.29) is 18.4 Å². The normalized spacial score (nSPS) is 19.8. The second-order valence-electron chi connectivity index (χ2n) is 8.92. The van der Waals surface area contributed by atoms with Gasteiger partial charge in [0.15, 0.2) is 0 Å². The number of piperidine rings is 1. The van der Waals surface area contributed by atoms with Gasteiger partial charge in [-0.15, -0.1) is 0 Å². The Morgan fingerprint density at radius 3 is 2.50 bits per heavy atom. The lowest BCUT2D eigenvalue weighted by Crippen LogP contribution is -2.48. The van der Waals surface area contributed by atoms with Gasteiger partial charge in [0, 0.05) is 57.6 Å². The van der Waals surface area contributed by atoms with E-state index < -0.39 is 28.6 Å². The topological polar surface area (TPSA) is 94.3 Å². The number of hydrogen-bond donors (Lipinski definition) is 1. The summed E-state index contributed by atoms with van der Waals surface area (Å²) in [6.07, 6.45) is -1.86. The average Bonchev–Trinajstić information content (AvgIpc) is 3.41. The van der Waals surface area contributed by atoms with Crippen LogP contribution in [0.4, 0.5) is 18.9 Å². The van der Waals surface area contributed by atoms with Gasteiger partial charge < -0.3 is 15.1 Å². The van der Waals surface area contributed by atoms with E-state index in [1.54, 1.807) is 42.0 Å². The zero-order chi connectivity index (χ0) is 24.7. The molecule has 2 aliphatic heterocycles. The van der Waals surface area contributed by atoms with Crippen LogP contribution in [0.15, 0.2) is 30.5 Å². The van der Waals surface area contributed by atoms with Crippen molar-refractivity contribution in [1.29, 1.82) is 5.26 Å². The molecule has 8 nitrogen and oxygen atoms in total. The smallest absolute Gasteiger partial charge is 0.371 e. The van der Waals surface area contributed by atoms with Crippen LogP contribution in [0.1, 0.15) is 34.5 Å². The van der Waals surface area contributed by atoms with Gasteiger partial charge in [0.2, 0.25) is 5.91 Å². The molecule has 0 aliphatic carbocycles. The maximum Gasteiger partial charge on any atom is 0.417 e. The van der Waals surface area contributed by atoms with Gasteiger partial charge in [-0.2, -0.15) is 23.5 Å². The number of rotatable bonds is 3. The van der Waals surface area contributed by atoms with Gasteiger partial charge in [-0.25, -0.2) is 0 Å². The summed E-state index contributed by atoms with van der Waals surface area (Å²) in [6, 6.07) is 6.96. The van der Waals surface area contributed by atoms with E-state index in [2.05, 4.69) is 10.4 Å². The SMILES string of the molecule is CNC(=O)C1CN(C(=O)c2ccn(C)n2)CC12CCN(c1ccc(C#N)c(C(F)(F)F)c1)CC2. The lowest BCUT2D eigenvalue weighted by molar-refractivity contribution is -0.137. The third-order valence-corrected chi connectivity index (χ3v) is 6.98. The van der Waals surface area contributed by atoms with Gasteiger partial charge in [0.05, 0.1) is 23.1 Å². The quantitative estimate of drug-likeness (QED) is 0.738. The van der Waals surface area contributed by atoms with Crippen LogP contribution in [0.3, 0.4) is 0 Å². The molecule has 3 heterocycles. The highest BCUT2D eigenvalue weighted by atomic mass is 19.4. The molecule has 2 aliphatic rings. The molecule has 2 fully saturated rings. The zero-order valence-corrected chi connectivity index (χ0v) is 18.9. The molecule has 4 rings (SSSR count). The number of carbonyl (C=O) groups excluding carboxylic acids is 2.